The molecular formula is C46H42N4P2. The Kier molecular flexibility index (Phi) is 9.29. The Morgan fingerprint density at radius 2 is 1.06 bits per heavy atom. The van der Waals surface area contributed by atoms with Gasteiger partial charge >= 0.3 is 310 Å². The maximum absolute atomic E-state index is 4.86. The second-order valence-corrected chi connectivity index (χ2v) is 18.8. The van der Waals surface area contributed by atoms with Crippen LogP contribution in [0, 0.1) is 6.92 Å². The number of hydrogen-bond donors (Lipinski definition) is 0. The van der Waals surface area contributed by atoms with Crippen molar-refractivity contribution in [3.05, 3.63) is 176 Å². The molecule has 0 fully saturated rings. The van der Waals surface area contributed by atoms with Crippen molar-refractivity contribution >= 4 is 86.9 Å². The van der Waals surface area contributed by atoms with Crippen molar-refractivity contribution in [3.8, 4) is 0 Å². The summed E-state index contributed by atoms with van der Waals surface area (Å²) in [4.78, 5) is 14.4. The van der Waals surface area contributed by atoms with Crippen LogP contribution in [0.4, 0.5) is 22.7 Å². The van der Waals surface area contributed by atoms with Crippen LogP contribution in [0.1, 0.15) is 5.56 Å². The quantitative estimate of drug-likeness (QED) is 0.140. The molecule has 0 spiro atoms. The number of fused-ring (bicyclic) bond motifs is 2. The van der Waals surface area contributed by atoms with E-state index in [2.05, 4.69) is 183 Å². The van der Waals surface area contributed by atoms with Gasteiger partial charge in [0.05, 0.1) is 0 Å². The van der Waals surface area contributed by atoms with Gasteiger partial charge in [0.25, 0.3) is 0 Å². The fraction of sp³-hybridized carbons (Fsp3) is 0.0870. The number of nitrogens with zero attached hydrogens (tertiary/aromatic N) is 4. The Bertz CT molecular complexity index is 2520. The van der Waals surface area contributed by atoms with Gasteiger partial charge in [0.2, 0.25) is 0 Å². The first-order valence-corrected chi connectivity index (χ1v) is 21.2. The van der Waals surface area contributed by atoms with Crippen LogP contribution in [0.5, 0.6) is 0 Å². The molecule has 1 unspecified atom stereocenters. The van der Waals surface area contributed by atoms with E-state index >= 15 is 0 Å². The molecule has 0 aliphatic rings. The zero-order valence-electron chi connectivity index (χ0n) is 30.0. The van der Waals surface area contributed by atoms with E-state index in [0.29, 0.717) is 8.58 Å². The molecule has 256 valence electrons. The summed E-state index contributed by atoms with van der Waals surface area (Å²) in [6, 6.07) is 57.4. The summed E-state index contributed by atoms with van der Waals surface area (Å²) < 4.78 is 0. The van der Waals surface area contributed by atoms with Crippen molar-refractivity contribution in [3.63, 3.8) is 0 Å². The van der Waals surface area contributed by atoms with Gasteiger partial charge in [-0.15, -0.1) is 0 Å². The first-order chi connectivity index (χ1) is 25.4. The second kappa shape index (κ2) is 14.3. The van der Waals surface area contributed by atoms with E-state index in [1.165, 1.54) is 43.5 Å². The van der Waals surface area contributed by atoms with E-state index in [1.54, 1.807) is 0 Å². The number of anilines is 4. The first kappa shape index (κ1) is 33.7. The molecule has 0 radical (unpaired) electrons. The second-order valence-electron chi connectivity index (χ2n) is 13.5. The zero-order valence-corrected chi connectivity index (χ0v) is 32.0. The number of aromatic nitrogens is 2. The van der Waals surface area contributed by atoms with Crippen molar-refractivity contribution in [2.75, 3.05) is 30.6 Å². The Balaban J connectivity index is 1.36. The predicted octanol–water partition coefficient (Wildman–Crippen LogP) is 8.91. The zero-order chi connectivity index (χ0) is 35.7. The van der Waals surface area contributed by atoms with E-state index in [4.69, 9.17) is 9.97 Å². The molecule has 2 heterocycles. The normalized spacial score (nSPS) is 12.1. The standard InChI is InChI=1S/C46H42N4P2/c1-33-29-34-17-15-27-47-38(34)31-42(33)50(3)43-32-39-35(18-16-28-48-39)30-46(43)52(4,37-21-9-6-10-22-37)45-26-14-12-24-41(45)49(2)40-23-11-13-25-44(40)51-36-19-7-5-8-20-36/h5-32,51-52H,1-4H3. The van der Waals surface area contributed by atoms with Crippen LogP contribution < -0.4 is 36.3 Å². The summed E-state index contributed by atoms with van der Waals surface area (Å²) in [7, 11) is 2.22. The third-order valence-electron chi connectivity index (χ3n) is 10.4. The molecule has 0 N–H and O–H groups in total. The molecule has 8 rings (SSSR count). The molecule has 0 bridgehead atoms. The van der Waals surface area contributed by atoms with Crippen molar-refractivity contribution < 1.29 is 0 Å². The molecule has 0 saturated heterocycles. The molecule has 0 aliphatic carbocycles. The summed E-state index contributed by atoms with van der Waals surface area (Å²) >= 11 is 0. The van der Waals surface area contributed by atoms with Crippen molar-refractivity contribution in [2.45, 2.75) is 6.92 Å². The van der Waals surface area contributed by atoms with Gasteiger partial charge in [-0.3, -0.25) is 0 Å². The number of aryl methyl sites for hydroxylation is 1. The van der Waals surface area contributed by atoms with Gasteiger partial charge in [-0.05, 0) is 0 Å². The van der Waals surface area contributed by atoms with Gasteiger partial charge in [-0.1, -0.05) is 0 Å². The topological polar surface area (TPSA) is 32.3 Å². The Labute approximate surface area is 308 Å². The molecule has 1 atom stereocenters. The Morgan fingerprint density at radius 1 is 0.500 bits per heavy atom. The molecule has 6 aromatic carbocycles. The molecule has 0 amide bonds. The van der Waals surface area contributed by atoms with Crippen LogP contribution in [0.25, 0.3) is 21.8 Å². The molecule has 2 aromatic heterocycles. The van der Waals surface area contributed by atoms with E-state index in [-0.39, 0.29) is 0 Å². The summed E-state index contributed by atoms with van der Waals surface area (Å²) in [5.41, 5.74) is 7.90. The van der Waals surface area contributed by atoms with Gasteiger partial charge in [0.1, 0.15) is 0 Å². The van der Waals surface area contributed by atoms with Crippen LogP contribution in [-0.2, 0) is 0 Å². The summed E-state index contributed by atoms with van der Waals surface area (Å²) in [6.45, 7) is 4.72. The number of hydrogen-bond acceptors (Lipinski definition) is 4. The minimum atomic E-state index is -2.76. The van der Waals surface area contributed by atoms with Crippen LogP contribution in [0.3, 0.4) is 0 Å². The molecule has 6 heteroatoms. The average Bonchev–Trinajstić information content (AvgIpc) is 3.20. The van der Waals surface area contributed by atoms with Crippen molar-refractivity contribution in [1.29, 1.82) is 0 Å². The third-order valence-corrected chi connectivity index (χ3v) is 16.2. The minimum absolute atomic E-state index is 0.552. The Hall–Kier alpha value is -5.40. The van der Waals surface area contributed by atoms with Crippen LogP contribution in [0.2, 0.25) is 0 Å². The molecule has 8 aromatic rings. The average molecular weight is 713 g/mol. The van der Waals surface area contributed by atoms with E-state index in [0.717, 1.165) is 33.2 Å². The SMILES string of the molecule is Cc1cc2cccnc2cc1N(C)c1cc2ncccc2cc1[PH](C)(c1ccccc1)c1ccccc1N(C)c1ccccc1Pc1ccccc1. The Morgan fingerprint density at radius 3 is 1.77 bits per heavy atom. The fourth-order valence-corrected chi connectivity index (χ4v) is 13.0. The van der Waals surface area contributed by atoms with Crippen LogP contribution >= 0.6 is 15.8 Å². The van der Waals surface area contributed by atoms with Gasteiger partial charge in [-0.25, -0.2) is 0 Å². The maximum atomic E-state index is 4.86. The van der Waals surface area contributed by atoms with Gasteiger partial charge in [0.15, 0.2) is 0 Å². The van der Waals surface area contributed by atoms with Crippen molar-refractivity contribution in [1.82, 2.24) is 9.97 Å². The van der Waals surface area contributed by atoms with Crippen LogP contribution in [0.15, 0.2) is 170 Å². The number of benzene rings is 6. The summed E-state index contributed by atoms with van der Waals surface area (Å²) in [5.74, 6) is 0. The summed E-state index contributed by atoms with van der Waals surface area (Å²) in [6.07, 6.45) is 3.76. The predicted molar refractivity (Wildman–Crippen MR) is 231 cm³/mol. The molecule has 52 heavy (non-hydrogen) atoms. The van der Waals surface area contributed by atoms with E-state index in [9.17, 15) is 0 Å². The fourth-order valence-electron chi connectivity index (χ4n) is 7.60. The van der Waals surface area contributed by atoms with Gasteiger partial charge < -0.3 is 0 Å². The van der Waals surface area contributed by atoms with E-state index in [1.807, 2.05) is 24.5 Å². The van der Waals surface area contributed by atoms with Gasteiger partial charge in [0, 0.05) is 0 Å². The number of pyridine rings is 2. The molecular weight excluding hydrogens is 670 g/mol. The first-order valence-electron chi connectivity index (χ1n) is 17.7. The van der Waals surface area contributed by atoms with E-state index < -0.39 is 7.26 Å². The number of para-hydroxylation sites is 2. The molecule has 4 nitrogen and oxygen atoms in total. The monoisotopic (exact) mass is 712 g/mol. The van der Waals surface area contributed by atoms with Crippen molar-refractivity contribution in [2.24, 2.45) is 0 Å². The molecule has 0 saturated carbocycles. The molecule has 0 aliphatic heterocycles. The van der Waals surface area contributed by atoms with Crippen LogP contribution in [-0.4, -0.2) is 30.7 Å². The van der Waals surface area contributed by atoms with Gasteiger partial charge in [-0.2, -0.15) is 0 Å². The number of rotatable bonds is 9. The third kappa shape index (κ3) is 6.24. The summed E-state index contributed by atoms with van der Waals surface area (Å²) in [5, 5.41) is 8.99.